The van der Waals surface area contributed by atoms with E-state index in [1.54, 1.807) is 21.3 Å². The van der Waals surface area contributed by atoms with Gasteiger partial charge in [-0.3, -0.25) is 0 Å². The molecule has 0 heterocycles. The highest BCUT2D eigenvalue weighted by atomic mass is 28.4. The van der Waals surface area contributed by atoms with E-state index in [1.807, 2.05) is 0 Å². The van der Waals surface area contributed by atoms with Crippen molar-refractivity contribution in [3.8, 4) is 0 Å². The van der Waals surface area contributed by atoms with E-state index in [0.29, 0.717) is 17.4 Å². The van der Waals surface area contributed by atoms with E-state index in [0.717, 1.165) is 30.6 Å². The monoisotopic (exact) mass is 372 g/mol. The van der Waals surface area contributed by atoms with Crippen molar-refractivity contribution in [3.63, 3.8) is 0 Å². The summed E-state index contributed by atoms with van der Waals surface area (Å²) in [5.74, 6) is 3.50. The van der Waals surface area contributed by atoms with Crippen LogP contribution in [0, 0.1) is 29.6 Å². The maximum Gasteiger partial charge on any atom is 0.504 e. The van der Waals surface area contributed by atoms with Crippen molar-refractivity contribution in [2.24, 2.45) is 29.6 Å². The molecular formula is C22H32O3Si. The fourth-order valence-electron chi connectivity index (χ4n) is 5.96. The molecule has 142 valence electrons. The summed E-state index contributed by atoms with van der Waals surface area (Å²) in [6, 6.07) is 0. The molecule has 2 saturated carbocycles. The molecule has 6 unspecified atom stereocenters. The Morgan fingerprint density at radius 3 is 2.42 bits per heavy atom. The second-order valence-electron chi connectivity index (χ2n) is 8.54. The van der Waals surface area contributed by atoms with Gasteiger partial charge in [0.15, 0.2) is 0 Å². The minimum atomic E-state index is -2.58. The minimum Gasteiger partial charge on any atom is -0.377 e. The zero-order chi connectivity index (χ0) is 18.3. The standard InChI is InChI=1S/C22H32O3Si/c1-15(5-7-18-10-16-6-8-19(18)11-16)9-20-12-17-13-21(20)22(14-17)26(23-2,24-3)25-4/h5-8,12,16-19,21-22H,1,9-11,13-14H2,2-4H3/b7-5+. The Kier molecular flexibility index (Phi) is 5.12. The lowest BCUT2D eigenvalue weighted by atomic mass is 9.90. The largest absolute Gasteiger partial charge is 0.504 e. The Hall–Kier alpha value is -0.943. The van der Waals surface area contributed by atoms with Crippen molar-refractivity contribution in [2.75, 3.05) is 21.3 Å². The van der Waals surface area contributed by atoms with Crippen molar-refractivity contribution < 1.29 is 13.3 Å². The fraction of sp³-hybridized carbons (Fsp3) is 0.636. The second-order valence-corrected chi connectivity index (χ2v) is 11.7. The SMILES string of the molecule is C=C(/C=C/C1CC2C=CC1C2)CC1=CC2CC1C([Si](OC)(OC)OC)C2. The summed E-state index contributed by atoms with van der Waals surface area (Å²) in [6.45, 7) is 4.34. The zero-order valence-electron chi connectivity index (χ0n) is 16.3. The first kappa shape index (κ1) is 18.4. The first-order valence-corrected chi connectivity index (χ1v) is 11.8. The van der Waals surface area contributed by atoms with Crippen LogP contribution in [0.2, 0.25) is 5.54 Å². The lowest BCUT2D eigenvalue weighted by molar-refractivity contribution is 0.106. The molecule has 0 radical (unpaired) electrons. The molecule has 0 amide bonds. The van der Waals surface area contributed by atoms with Crippen molar-refractivity contribution >= 4 is 8.80 Å². The van der Waals surface area contributed by atoms with Crippen molar-refractivity contribution in [1.82, 2.24) is 0 Å². The number of fused-ring (bicyclic) bond motifs is 4. The minimum absolute atomic E-state index is 0.389. The highest BCUT2D eigenvalue weighted by molar-refractivity contribution is 6.62. The summed E-state index contributed by atoms with van der Waals surface area (Å²) in [7, 11) is 2.63. The Bertz CT molecular complexity index is 638. The van der Waals surface area contributed by atoms with Gasteiger partial charge in [-0.2, -0.15) is 0 Å². The predicted octanol–water partition coefficient (Wildman–Crippen LogP) is 4.92. The third-order valence-corrected chi connectivity index (χ3v) is 10.4. The number of rotatable bonds is 8. The first-order valence-electron chi connectivity index (χ1n) is 9.99. The highest BCUT2D eigenvalue weighted by Gasteiger charge is 2.57. The molecule has 0 aromatic heterocycles. The first-order chi connectivity index (χ1) is 12.6. The van der Waals surface area contributed by atoms with Gasteiger partial charge in [0.05, 0.1) is 0 Å². The van der Waals surface area contributed by atoms with Crippen LogP contribution < -0.4 is 0 Å². The van der Waals surface area contributed by atoms with E-state index >= 15 is 0 Å². The van der Waals surface area contributed by atoms with Crippen LogP contribution in [0.3, 0.4) is 0 Å². The maximum absolute atomic E-state index is 5.79. The van der Waals surface area contributed by atoms with Crippen LogP contribution in [0.4, 0.5) is 0 Å². The molecule has 3 nitrogen and oxygen atoms in total. The molecule has 4 aliphatic rings. The Labute approximate surface area is 159 Å². The molecule has 6 atom stereocenters. The molecule has 0 aromatic rings. The average molecular weight is 373 g/mol. The molecule has 4 rings (SSSR count). The van der Waals surface area contributed by atoms with Gasteiger partial charge in [0.25, 0.3) is 0 Å². The van der Waals surface area contributed by atoms with Crippen LogP contribution in [0.15, 0.2) is 48.1 Å². The molecule has 4 bridgehead atoms. The van der Waals surface area contributed by atoms with Crippen LogP contribution in [0.25, 0.3) is 0 Å². The van der Waals surface area contributed by atoms with E-state index in [4.69, 9.17) is 13.3 Å². The summed E-state index contributed by atoms with van der Waals surface area (Å²) >= 11 is 0. The Morgan fingerprint density at radius 1 is 1.08 bits per heavy atom. The average Bonchev–Trinajstić information content (AvgIpc) is 3.43. The molecule has 0 N–H and O–H groups in total. The third kappa shape index (κ3) is 3.11. The lowest BCUT2D eigenvalue weighted by Gasteiger charge is -2.35. The van der Waals surface area contributed by atoms with E-state index < -0.39 is 8.80 Å². The Balaban J connectivity index is 1.39. The van der Waals surface area contributed by atoms with Crippen LogP contribution in [-0.2, 0) is 13.3 Å². The molecule has 0 aliphatic heterocycles. The van der Waals surface area contributed by atoms with Crippen molar-refractivity contribution in [2.45, 2.75) is 37.6 Å². The van der Waals surface area contributed by atoms with Crippen molar-refractivity contribution in [1.29, 1.82) is 0 Å². The van der Waals surface area contributed by atoms with Crippen LogP contribution in [0.5, 0.6) is 0 Å². The van der Waals surface area contributed by atoms with Gasteiger partial charge in [-0.25, -0.2) is 0 Å². The molecule has 0 saturated heterocycles. The zero-order valence-corrected chi connectivity index (χ0v) is 17.3. The maximum atomic E-state index is 5.79. The van der Waals surface area contributed by atoms with Gasteiger partial charge in [0.2, 0.25) is 0 Å². The smallest absolute Gasteiger partial charge is 0.377 e. The second kappa shape index (κ2) is 7.23. The van der Waals surface area contributed by atoms with E-state index in [2.05, 4.69) is 37.0 Å². The summed E-state index contributed by atoms with van der Waals surface area (Å²) in [5.41, 5.74) is 3.14. The molecule has 2 fully saturated rings. The summed E-state index contributed by atoms with van der Waals surface area (Å²) in [6.07, 6.45) is 18.0. The van der Waals surface area contributed by atoms with Gasteiger partial charge in [0, 0.05) is 26.9 Å². The normalized spacial score (nSPS) is 37.9. The summed E-state index contributed by atoms with van der Waals surface area (Å²) < 4.78 is 17.4. The molecule has 4 heteroatoms. The van der Waals surface area contributed by atoms with E-state index in [-0.39, 0.29) is 0 Å². The molecule has 0 spiro atoms. The van der Waals surface area contributed by atoms with Gasteiger partial charge in [-0.1, -0.05) is 48.1 Å². The van der Waals surface area contributed by atoms with Gasteiger partial charge in [-0.05, 0) is 61.7 Å². The van der Waals surface area contributed by atoms with E-state index in [1.165, 1.54) is 30.4 Å². The number of allylic oxidation sites excluding steroid dienone is 7. The fourth-order valence-corrected chi connectivity index (χ4v) is 8.80. The highest BCUT2D eigenvalue weighted by Crippen LogP contribution is 2.56. The van der Waals surface area contributed by atoms with Crippen LogP contribution in [0.1, 0.15) is 32.1 Å². The van der Waals surface area contributed by atoms with Gasteiger partial charge in [0.1, 0.15) is 0 Å². The van der Waals surface area contributed by atoms with E-state index in [9.17, 15) is 0 Å². The lowest BCUT2D eigenvalue weighted by Crippen LogP contribution is -2.49. The molecule has 0 aromatic carbocycles. The van der Waals surface area contributed by atoms with Crippen molar-refractivity contribution in [3.05, 3.63) is 48.1 Å². The predicted molar refractivity (Wildman–Crippen MR) is 107 cm³/mol. The van der Waals surface area contributed by atoms with Gasteiger partial charge >= 0.3 is 8.80 Å². The number of hydrogen-bond acceptors (Lipinski definition) is 3. The van der Waals surface area contributed by atoms with Crippen LogP contribution in [-0.4, -0.2) is 30.1 Å². The third-order valence-electron chi connectivity index (χ3n) is 7.17. The van der Waals surface area contributed by atoms with Gasteiger partial charge in [-0.15, -0.1) is 0 Å². The van der Waals surface area contributed by atoms with Gasteiger partial charge < -0.3 is 13.3 Å². The van der Waals surface area contributed by atoms with Crippen LogP contribution >= 0.6 is 0 Å². The number of hydrogen-bond donors (Lipinski definition) is 0. The summed E-state index contributed by atoms with van der Waals surface area (Å²) in [5, 5.41) is 0. The summed E-state index contributed by atoms with van der Waals surface area (Å²) in [4.78, 5) is 0. The topological polar surface area (TPSA) is 27.7 Å². The Morgan fingerprint density at radius 2 is 1.85 bits per heavy atom. The molecular weight excluding hydrogens is 340 g/mol. The molecule has 4 aliphatic carbocycles. The molecule has 26 heavy (non-hydrogen) atoms. The quantitative estimate of drug-likeness (QED) is 0.344.